The zero-order valence-electron chi connectivity index (χ0n) is 16.6. The molecule has 7 heteroatoms. The van der Waals surface area contributed by atoms with E-state index in [0.717, 1.165) is 23.4 Å². The van der Waals surface area contributed by atoms with Gasteiger partial charge in [0.2, 0.25) is 10.0 Å². The van der Waals surface area contributed by atoms with Gasteiger partial charge in [0, 0.05) is 17.7 Å². The Hall–Kier alpha value is -2.41. The van der Waals surface area contributed by atoms with E-state index in [2.05, 4.69) is 5.32 Å². The van der Waals surface area contributed by atoms with Crippen LogP contribution >= 0.6 is 0 Å². The molecule has 0 saturated heterocycles. The lowest BCUT2D eigenvalue weighted by Gasteiger charge is -2.23. The number of anilines is 1. The molecule has 0 unspecified atom stereocenters. The van der Waals surface area contributed by atoms with Crippen LogP contribution in [0.1, 0.15) is 48.0 Å². The van der Waals surface area contributed by atoms with Gasteiger partial charge in [-0.05, 0) is 49.1 Å². The molecule has 0 heterocycles. The largest absolute Gasteiger partial charge is 0.352 e. The number of sulfonamides is 1. The predicted molar refractivity (Wildman–Crippen MR) is 113 cm³/mol. The molecule has 0 aliphatic heterocycles. The van der Waals surface area contributed by atoms with Gasteiger partial charge in [0.05, 0.1) is 18.5 Å². The van der Waals surface area contributed by atoms with E-state index < -0.39 is 15.8 Å². The van der Waals surface area contributed by atoms with Crippen LogP contribution in [0.15, 0.2) is 48.5 Å². The highest BCUT2D eigenvalue weighted by molar-refractivity contribution is 7.92. The van der Waals surface area contributed by atoms with Crippen LogP contribution in [0, 0.1) is 11.7 Å². The molecule has 2 aromatic carbocycles. The second-order valence-electron chi connectivity index (χ2n) is 7.62. The van der Waals surface area contributed by atoms with Gasteiger partial charge in [-0.1, -0.05) is 37.5 Å². The molecule has 156 valence electrons. The lowest BCUT2D eigenvalue weighted by Crippen LogP contribution is -2.31. The summed E-state index contributed by atoms with van der Waals surface area (Å²) in [6.45, 7) is 0.558. The van der Waals surface area contributed by atoms with E-state index in [1.54, 1.807) is 42.5 Å². The average molecular weight is 419 g/mol. The number of hydrogen-bond acceptors (Lipinski definition) is 3. The van der Waals surface area contributed by atoms with Crippen molar-refractivity contribution in [3.63, 3.8) is 0 Å². The summed E-state index contributed by atoms with van der Waals surface area (Å²) in [5.41, 5.74) is 1.15. The first kappa shape index (κ1) is 21.3. The second-order valence-corrected chi connectivity index (χ2v) is 9.53. The Bertz CT molecular complexity index is 939. The van der Waals surface area contributed by atoms with Gasteiger partial charge in [0.1, 0.15) is 5.82 Å². The maximum absolute atomic E-state index is 14.0. The standard InChI is InChI=1S/C22H27FN2O3S/c1-29(27,28)25(16-19-9-5-6-10-21(19)23)20-13-11-18(12-14-20)22(26)24-15-17-7-3-2-4-8-17/h5-6,9-14,17H,2-4,7-8,15-16H2,1H3,(H,24,26). The Morgan fingerprint density at radius 1 is 1.07 bits per heavy atom. The van der Waals surface area contributed by atoms with E-state index in [0.29, 0.717) is 23.7 Å². The molecule has 29 heavy (non-hydrogen) atoms. The highest BCUT2D eigenvalue weighted by Gasteiger charge is 2.20. The molecule has 0 atom stereocenters. The molecule has 1 N–H and O–H groups in total. The second kappa shape index (κ2) is 9.39. The molecule has 2 aromatic rings. The van der Waals surface area contributed by atoms with E-state index in [1.807, 2.05) is 0 Å². The van der Waals surface area contributed by atoms with Crippen molar-refractivity contribution in [2.75, 3.05) is 17.1 Å². The number of benzene rings is 2. The van der Waals surface area contributed by atoms with Crippen LogP contribution in [0.2, 0.25) is 0 Å². The van der Waals surface area contributed by atoms with Gasteiger partial charge in [-0.25, -0.2) is 12.8 Å². The number of halogens is 1. The molecule has 0 spiro atoms. The molecular formula is C22H27FN2O3S. The number of carbonyl (C=O) groups is 1. The first-order valence-electron chi connectivity index (χ1n) is 9.94. The summed E-state index contributed by atoms with van der Waals surface area (Å²) < 4.78 is 39.7. The topological polar surface area (TPSA) is 66.5 Å². The van der Waals surface area contributed by atoms with Gasteiger partial charge in [-0.3, -0.25) is 9.10 Å². The molecule has 3 rings (SSSR count). The van der Waals surface area contributed by atoms with Crippen molar-refractivity contribution in [1.82, 2.24) is 5.32 Å². The van der Waals surface area contributed by atoms with E-state index in [-0.39, 0.29) is 18.0 Å². The fourth-order valence-corrected chi connectivity index (χ4v) is 4.57. The summed E-state index contributed by atoms with van der Waals surface area (Å²) in [6.07, 6.45) is 7.10. The first-order chi connectivity index (χ1) is 13.8. The quantitative estimate of drug-likeness (QED) is 0.736. The number of nitrogens with one attached hydrogen (secondary N) is 1. The summed E-state index contributed by atoms with van der Waals surface area (Å²) >= 11 is 0. The molecule has 5 nitrogen and oxygen atoms in total. The van der Waals surface area contributed by atoms with Crippen molar-refractivity contribution in [3.05, 3.63) is 65.5 Å². The van der Waals surface area contributed by atoms with Crippen LogP contribution in [0.4, 0.5) is 10.1 Å². The number of hydrogen-bond donors (Lipinski definition) is 1. The fourth-order valence-electron chi connectivity index (χ4n) is 3.69. The molecule has 1 saturated carbocycles. The third kappa shape index (κ3) is 5.79. The van der Waals surface area contributed by atoms with Gasteiger partial charge in [0.25, 0.3) is 5.91 Å². The summed E-state index contributed by atoms with van der Waals surface area (Å²) in [7, 11) is -3.62. The van der Waals surface area contributed by atoms with Gasteiger partial charge in [-0.15, -0.1) is 0 Å². The SMILES string of the molecule is CS(=O)(=O)N(Cc1ccccc1F)c1ccc(C(=O)NCC2CCCCC2)cc1. The maximum Gasteiger partial charge on any atom is 0.251 e. The van der Waals surface area contributed by atoms with Gasteiger partial charge < -0.3 is 5.32 Å². The summed E-state index contributed by atoms with van der Waals surface area (Å²) in [4.78, 5) is 12.4. The van der Waals surface area contributed by atoms with Gasteiger partial charge >= 0.3 is 0 Å². The van der Waals surface area contributed by atoms with Crippen molar-refractivity contribution in [3.8, 4) is 0 Å². The Kier molecular flexibility index (Phi) is 6.90. The maximum atomic E-state index is 14.0. The lowest BCUT2D eigenvalue weighted by molar-refractivity contribution is 0.0943. The summed E-state index contributed by atoms with van der Waals surface area (Å²) in [6, 6.07) is 12.4. The highest BCUT2D eigenvalue weighted by Crippen LogP contribution is 2.24. The summed E-state index contributed by atoms with van der Waals surface area (Å²) in [5.74, 6) is -0.0875. The zero-order chi connectivity index (χ0) is 20.9. The normalized spacial score (nSPS) is 15.1. The number of rotatable bonds is 7. The Balaban J connectivity index is 1.70. The predicted octanol–water partition coefficient (Wildman–Crippen LogP) is 4.10. The van der Waals surface area contributed by atoms with Crippen LogP contribution in [0.3, 0.4) is 0 Å². The molecule has 0 radical (unpaired) electrons. The number of amides is 1. The molecule has 1 amide bonds. The van der Waals surface area contributed by atoms with Crippen LogP contribution in [-0.2, 0) is 16.6 Å². The Labute approximate surface area is 172 Å². The van der Waals surface area contributed by atoms with Crippen molar-refractivity contribution in [2.45, 2.75) is 38.6 Å². The molecule has 1 aliphatic rings. The monoisotopic (exact) mass is 418 g/mol. The van der Waals surface area contributed by atoms with Gasteiger partial charge in [-0.2, -0.15) is 0 Å². The number of carbonyl (C=O) groups excluding carboxylic acids is 1. The molecule has 1 fully saturated rings. The lowest BCUT2D eigenvalue weighted by atomic mass is 9.89. The van der Waals surface area contributed by atoms with Crippen LogP contribution in [-0.4, -0.2) is 27.1 Å². The summed E-state index contributed by atoms with van der Waals surface area (Å²) in [5, 5.41) is 2.97. The van der Waals surface area contributed by atoms with Crippen molar-refractivity contribution < 1.29 is 17.6 Å². The Morgan fingerprint density at radius 3 is 2.34 bits per heavy atom. The van der Waals surface area contributed by atoms with E-state index in [1.165, 1.54) is 25.3 Å². The first-order valence-corrected chi connectivity index (χ1v) is 11.8. The molecular weight excluding hydrogens is 391 g/mol. The Morgan fingerprint density at radius 2 is 1.72 bits per heavy atom. The fraction of sp³-hybridized carbons (Fsp3) is 0.409. The van der Waals surface area contributed by atoms with Crippen molar-refractivity contribution in [2.24, 2.45) is 5.92 Å². The third-order valence-electron chi connectivity index (χ3n) is 5.37. The van der Waals surface area contributed by atoms with E-state index >= 15 is 0 Å². The van der Waals surface area contributed by atoms with E-state index in [9.17, 15) is 17.6 Å². The van der Waals surface area contributed by atoms with Crippen LogP contribution in [0.5, 0.6) is 0 Å². The van der Waals surface area contributed by atoms with Crippen molar-refractivity contribution >= 4 is 21.6 Å². The minimum atomic E-state index is -3.62. The molecule has 0 aromatic heterocycles. The minimum absolute atomic E-state index is 0.112. The number of nitrogens with zero attached hydrogens (tertiary/aromatic N) is 1. The average Bonchev–Trinajstić information content (AvgIpc) is 2.71. The third-order valence-corrected chi connectivity index (χ3v) is 6.51. The molecule has 1 aliphatic carbocycles. The van der Waals surface area contributed by atoms with Gasteiger partial charge in [0.15, 0.2) is 0 Å². The highest BCUT2D eigenvalue weighted by atomic mass is 32.2. The zero-order valence-corrected chi connectivity index (χ0v) is 17.4. The van der Waals surface area contributed by atoms with Crippen LogP contribution < -0.4 is 9.62 Å². The van der Waals surface area contributed by atoms with E-state index in [4.69, 9.17) is 0 Å². The smallest absolute Gasteiger partial charge is 0.251 e. The minimum Gasteiger partial charge on any atom is -0.352 e. The molecule has 0 bridgehead atoms. The van der Waals surface area contributed by atoms with Crippen LogP contribution in [0.25, 0.3) is 0 Å². The van der Waals surface area contributed by atoms with Crippen molar-refractivity contribution in [1.29, 1.82) is 0 Å².